The van der Waals surface area contributed by atoms with Gasteiger partial charge in [-0.15, -0.1) is 0 Å². The molecular weight excluding hydrogens is 309 g/mol. The Balaban J connectivity index is 1.77. The molecule has 1 heterocycles. The zero-order valence-corrected chi connectivity index (χ0v) is 13.5. The summed E-state index contributed by atoms with van der Waals surface area (Å²) in [5, 5.41) is 10.0. The van der Waals surface area contributed by atoms with E-state index in [1.807, 2.05) is 31.2 Å². The van der Waals surface area contributed by atoms with Crippen LogP contribution in [0.1, 0.15) is 30.6 Å². The van der Waals surface area contributed by atoms with Crippen molar-refractivity contribution in [2.75, 3.05) is 18.1 Å². The number of amides is 1. The number of anilines is 1. The molecule has 1 atom stereocenters. The number of fused-ring (bicyclic) bond motifs is 1. The first kappa shape index (κ1) is 16.5. The molecule has 1 amide bonds. The molecule has 0 fully saturated rings. The fourth-order valence-corrected chi connectivity index (χ4v) is 2.96. The molecule has 1 N–H and O–H groups in total. The Morgan fingerprint density at radius 1 is 1.29 bits per heavy atom. The highest BCUT2D eigenvalue weighted by Crippen LogP contribution is 2.34. The van der Waals surface area contributed by atoms with Crippen molar-refractivity contribution in [2.24, 2.45) is 0 Å². The summed E-state index contributed by atoms with van der Waals surface area (Å²) >= 11 is 0. The lowest BCUT2D eigenvalue weighted by molar-refractivity contribution is -0.118. The summed E-state index contributed by atoms with van der Waals surface area (Å²) < 4.78 is 18.8. The van der Waals surface area contributed by atoms with Gasteiger partial charge in [0.25, 0.3) is 0 Å². The summed E-state index contributed by atoms with van der Waals surface area (Å²) in [6, 6.07) is 11.6. The molecule has 0 radical (unpaired) electrons. The van der Waals surface area contributed by atoms with E-state index >= 15 is 0 Å². The van der Waals surface area contributed by atoms with Crippen molar-refractivity contribution in [3.8, 4) is 5.75 Å². The second-order valence-corrected chi connectivity index (χ2v) is 5.81. The molecule has 0 bridgehead atoms. The predicted molar refractivity (Wildman–Crippen MR) is 89.6 cm³/mol. The van der Waals surface area contributed by atoms with Crippen molar-refractivity contribution in [2.45, 2.75) is 25.9 Å². The number of aliphatic hydroxyl groups excluding tert-OH is 1. The topological polar surface area (TPSA) is 49.8 Å². The van der Waals surface area contributed by atoms with Gasteiger partial charge in [-0.1, -0.05) is 12.1 Å². The minimum atomic E-state index is -0.731. The van der Waals surface area contributed by atoms with Crippen LogP contribution in [0.5, 0.6) is 5.75 Å². The van der Waals surface area contributed by atoms with Crippen molar-refractivity contribution in [3.63, 3.8) is 0 Å². The lowest BCUT2D eigenvalue weighted by atomic mass is 9.98. The predicted octanol–water partition coefficient (Wildman–Crippen LogP) is 3.24. The summed E-state index contributed by atoms with van der Waals surface area (Å²) in [6.45, 7) is 2.94. The van der Waals surface area contributed by atoms with Crippen molar-refractivity contribution in [3.05, 3.63) is 59.4 Å². The van der Waals surface area contributed by atoms with Gasteiger partial charge in [0.2, 0.25) is 5.91 Å². The number of rotatable bonds is 4. The van der Waals surface area contributed by atoms with Gasteiger partial charge in [-0.25, -0.2) is 4.39 Å². The Bertz CT molecular complexity index is 730. The SMILES string of the molecule is CCOc1ccc(CC(=O)N2CCC(O)c3cc(F)ccc32)cc1. The van der Waals surface area contributed by atoms with E-state index in [2.05, 4.69) is 0 Å². The summed E-state index contributed by atoms with van der Waals surface area (Å²) in [7, 11) is 0. The molecule has 1 aliphatic rings. The average Bonchev–Trinajstić information content (AvgIpc) is 2.57. The molecule has 2 aromatic carbocycles. The van der Waals surface area contributed by atoms with Crippen LogP contribution < -0.4 is 9.64 Å². The van der Waals surface area contributed by atoms with E-state index in [0.29, 0.717) is 30.8 Å². The maximum absolute atomic E-state index is 13.4. The highest BCUT2D eigenvalue weighted by atomic mass is 19.1. The van der Waals surface area contributed by atoms with Gasteiger partial charge in [-0.3, -0.25) is 4.79 Å². The molecule has 0 spiro atoms. The maximum Gasteiger partial charge on any atom is 0.231 e. The van der Waals surface area contributed by atoms with Gasteiger partial charge < -0.3 is 14.7 Å². The van der Waals surface area contributed by atoms with Crippen LogP contribution in [0.25, 0.3) is 0 Å². The van der Waals surface area contributed by atoms with Gasteiger partial charge in [0.15, 0.2) is 0 Å². The summed E-state index contributed by atoms with van der Waals surface area (Å²) in [6.07, 6.45) is -0.0737. The van der Waals surface area contributed by atoms with Crippen molar-refractivity contribution < 1.29 is 19.0 Å². The Kier molecular flexibility index (Phi) is 4.81. The second kappa shape index (κ2) is 7.01. The van der Waals surface area contributed by atoms with Gasteiger partial charge in [0.1, 0.15) is 11.6 Å². The van der Waals surface area contributed by atoms with E-state index < -0.39 is 11.9 Å². The highest BCUT2D eigenvalue weighted by molar-refractivity contribution is 5.96. The average molecular weight is 329 g/mol. The Labute approximate surface area is 140 Å². The Morgan fingerprint density at radius 3 is 2.75 bits per heavy atom. The van der Waals surface area contributed by atoms with E-state index in [1.165, 1.54) is 12.1 Å². The zero-order valence-electron chi connectivity index (χ0n) is 13.5. The van der Waals surface area contributed by atoms with Gasteiger partial charge >= 0.3 is 0 Å². The fourth-order valence-electron chi connectivity index (χ4n) is 2.96. The third-order valence-corrected chi connectivity index (χ3v) is 4.16. The van der Waals surface area contributed by atoms with Crippen LogP contribution in [0.4, 0.5) is 10.1 Å². The molecular formula is C19H20FNO3. The fraction of sp³-hybridized carbons (Fsp3) is 0.316. The first-order valence-electron chi connectivity index (χ1n) is 8.08. The molecule has 0 aliphatic carbocycles. The van der Waals surface area contributed by atoms with Crippen LogP contribution in [-0.4, -0.2) is 24.2 Å². The molecule has 0 aromatic heterocycles. The molecule has 0 saturated carbocycles. The van der Waals surface area contributed by atoms with E-state index in [-0.39, 0.29) is 12.3 Å². The van der Waals surface area contributed by atoms with Gasteiger partial charge in [-0.05, 0) is 49.2 Å². The quantitative estimate of drug-likeness (QED) is 0.937. The number of nitrogens with zero attached hydrogens (tertiary/aromatic N) is 1. The number of carbonyl (C=O) groups excluding carboxylic acids is 1. The first-order chi connectivity index (χ1) is 11.6. The molecule has 5 heteroatoms. The van der Waals surface area contributed by atoms with Gasteiger partial charge in [0.05, 0.1) is 19.1 Å². The summed E-state index contributed by atoms with van der Waals surface area (Å²) in [5.41, 5.74) is 1.95. The van der Waals surface area contributed by atoms with Crippen LogP contribution in [0.3, 0.4) is 0 Å². The number of benzene rings is 2. The largest absolute Gasteiger partial charge is 0.494 e. The van der Waals surface area contributed by atoms with Crippen molar-refractivity contribution >= 4 is 11.6 Å². The number of aliphatic hydroxyl groups is 1. The summed E-state index contributed by atoms with van der Waals surface area (Å²) in [5.74, 6) is 0.295. The number of halogens is 1. The zero-order chi connectivity index (χ0) is 17.1. The normalized spacial score (nSPS) is 16.6. The van der Waals surface area contributed by atoms with E-state index in [9.17, 15) is 14.3 Å². The lowest BCUT2D eigenvalue weighted by Crippen LogP contribution is -2.37. The Morgan fingerprint density at radius 2 is 2.04 bits per heavy atom. The van der Waals surface area contributed by atoms with Crippen LogP contribution in [0, 0.1) is 5.82 Å². The maximum atomic E-state index is 13.4. The molecule has 24 heavy (non-hydrogen) atoms. The first-order valence-corrected chi connectivity index (χ1v) is 8.08. The van der Waals surface area contributed by atoms with Crippen molar-refractivity contribution in [1.29, 1.82) is 0 Å². The van der Waals surface area contributed by atoms with E-state index in [0.717, 1.165) is 11.3 Å². The number of ether oxygens (including phenoxy) is 1. The highest BCUT2D eigenvalue weighted by Gasteiger charge is 2.27. The minimum Gasteiger partial charge on any atom is -0.494 e. The molecule has 1 aliphatic heterocycles. The summed E-state index contributed by atoms with van der Waals surface area (Å²) in [4.78, 5) is 14.3. The van der Waals surface area contributed by atoms with Crippen LogP contribution in [-0.2, 0) is 11.2 Å². The van der Waals surface area contributed by atoms with Gasteiger partial charge in [0, 0.05) is 17.8 Å². The monoisotopic (exact) mass is 329 g/mol. The van der Waals surface area contributed by atoms with E-state index in [1.54, 1.807) is 11.0 Å². The number of hydrogen-bond donors (Lipinski definition) is 1. The molecule has 0 saturated heterocycles. The molecule has 2 aromatic rings. The van der Waals surface area contributed by atoms with Crippen LogP contribution in [0.2, 0.25) is 0 Å². The number of carbonyl (C=O) groups is 1. The lowest BCUT2D eigenvalue weighted by Gasteiger charge is -2.32. The van der Waals surface area contributed by atoms with Gasteiger partial charge in [-0.2, -0.15) is 0 Å². The van der Waals surface area contributed by atoms with Crippen molar-refractivity contribution in [1.82, 2.24) is 0 Å². The molecule has 3 rings (SSSR count). The smallest absolute Gasteiger partial charge is 0.231 e. The van der Waals surface area contributed by atoms with E-state index in [4.69, 9.17) is 4.74 Å². The molecule has 4 nitrogen and oxygen atoms in total. The molecule has 126 valence electrons. The standard InChI is InChI=1S/C19H20FNO3/c1-2-24-15-6-3-13(4-7-15)11-19(23)21-10-9-18(22)16-12-14(20)5-8-17(16)21/h3-8,12,18,22H,2,9-11H2,1H3. The van der Waals surface area contributed by atoms with Crippen LogP contribution in [0.15, 0.2) is 42.5 Å². The molecule has 1 unspecified atom stereocenters. The third-order valence-electron chi connectivity index (χ3n) is 4.16. The minimum absolute atomic E-state index is 0.0704. The third kappa shape index (κ3) is 3.41. The second-order valence-electron chi connectivity index (χ2n) is 5.81. The Hall–Kier alpha value is -2.40. The van der Waals surface area contributed by atoms with Crippen LogP contribution >= 0.6 is 0 Å². The number of hydrogen-bond acceptors (Lipinski definition) is 3.